The van der Waals surface area contributed by atoms with Gasteiger partial charge in [-0.1, -0.05) is 18.2 Å². The minimum absolute atomic E-state index is 0.0467. The Labute approximate surface area is 173 Å². The maximum Gasteiger partial charge on any atom is 0.322 e. The van der Waals surface area contributed by atoms with Gasteiger partial charge in [-0.05, 0) is 42.0 Å². The summed E-state index contributed by atoms with van der Waals surface area (Å²) in [5, 5.41) is 13.5. The predicted octanol–water partition coefficient (Wildman–Crippen LogP) is 4.80. The van der Waals surface area contributed by atoms with E-state index in [2.05, 4.69) is 11.9 Å². The molecule has 0 saturated heterocycles. The lowest BCUT2D eigenvalue weighted by molar-refractivity contribution is -0.384. The Morgan fingerprint density at radius 2 is 1.87 bits per heavy atom. The first-order valence-electron chi connectivity index (χ1n) is 9.26. The molecular weight excluding hydrogens is 387 g/mol. The third-order valence-electron chi connectivity index (χ3n) is 4.51. The van der Waals surface area contributed by atoms with Gasteiger partial charge in [-0.3, -0.25) is 10.1 Å². The number of nitro benzene ring substituents is 1. The molecule has 0 fully saturated rings. The highest BCUT2D eigenvalue weighted by Crippen LogP contribution is 2.17. The summed E-state index contributed by atoms with van der Waals surface area (Å²) in [5.74, 6) is -0.286. The van der Waals surface area contributed by atoms with E-state index in [1.165, 1.54) is 36.4 Å². The molecule has 0 unspecified atom stereocenters. The number of carbonyl (C=O) groups excluding carboxylic acids is 1. The second kappa shape index (κ2) is 9.51. The SMILES string of the molecule is C=CCN(Cc1cccn1Cc1ccc(F)cc1)C(=O)Nc1ccc([N+](=O)[O-])cc1. The van der Waals surface area contributed by atoms with Crippen molar-refractivity contribution in [2.45, 2.75) is 13.1 Å². The number of nitrogens with one attached hydrogen (secondary N) is 1. The number of nitro groups is 1. The summed E-state index contributed by atoms with van der Waals surface area (Å²) in [4.78, 5) is 24.6. The quantitative estimate of drug-likeness (QED) is 0.330. The number of non-ortho nitro benzene ring substituents is 1. The maximum absolute atomic E-state index is 13.1. The molecule has 8 heteroatoms. The number of amides is 2. The van der Waals surface area contributed by atoms with E-state index in [9.17, 15) is 19.3 Å². The number of nitrogens with zero attached hydrogens (tertiary/aromatic N) is 3. The molecule has 0 aliphatic carbocycles. The van der Waals surface area contributed by atoms with Crippen LogP contribution in [0.1, 0.15) is 11.3 Å². The Hall–Kier alpha value is -3.94. The predicted molar refractivity (Wildman–Crippen MR) is 113 cm³/mol. The zero-order valence-corrected chi connectivity index (χ0v) is 16.2. The van der Waals surface area contributed by atoms with E-state index in [1.807, 2.05) is 22.9 Å². The van der Waals surface area contributed by atoms with E-state index in [1.54, 1.807) is 23.1 Å². The number of hydrogen-bond donors (Lipinski definition) is 1. The number of benzene rings is 2. The van der Waals surface area contributed by atoms with Crippen molar-refractivity contribution >= 4 is 17.4 Å². The number of anilines is 1. The molecule has 0 bridgehead atoms. The molecule has 0 atom stereocenters. The molecule has 154 valence electrons. The summed E-state index contributed by atoms with van der Waals surface area (Å²) in [5.41, 5.74) is 2.26. The van der Waals surface area contributed by atoms with E-state index >= 15 is 0 Å². The summed E-state index contributed by atoms with van der Waals surface area (Å²) >= 11 is 0. The van der Waals surface area contributed by atoms with Crippen molar-refractivity contribution in [1.82, 2.24) is 9.47 Å². The monoisotopic (exact) mass is 408 g/mol. The Morgan fingerprint density at radius 3 is 2.50 bits per heavy atom. The molecule has 30 heavy (non-hydrogen) atoms. The summed E-state index contributed by atoms with van der Waals surface area (Å²) in [6.07, 6.45) is 3.53. The van der Waals surface area contributed by atoms with Crippen molar-refractivity contribution in [3.05, 3.63) is 107 Å². The van der Waals surface area contributed by atoms with Crippen LogP contribution in [0.25, 0.3) is 0 Å². The van der Waals surface area contributed by atoms with Crippen LogP contribution in [0, 0.1) is 15.9 Å². The Morgan fingerprint density at radius 1 is 1.17 bits per heavy atom. The first-order valence-corrected chi connectivity index (χ1v) is 9.26. The molecular formula is C22H21FN4O3. The molecule has 2 amide bonds. The number of rotatable bonds is 8. The number of carbonyl (C=O) groups is 1. The fourth-order valence-electron chi connectivity index (χ4n) is 2.97. The molecule has 1 N–H and O–H groups in total. The van der Waals surface area contributed by atoms with Gasteiger partial charge in [0.15, 0.2) is 0 Å². The van der Waals surface area contributed by atoms with Gasteiger partial charge in [-0.25, -0.2) is 9.18 Å². The van der Waals surface area contributed by atoms with Gasteiger partial charge >= 0.3 is 6.03 Å². The van der Waals surface area contributed by atoms with Crippen molar-refractivity contribution in [3.63, 3.8) is 0 Å². The third-order valence-corrected chi connectivity index (χ3v) is 4.51. The Balaban J connectivity index is 1.70. The van der Waals surface area contributed by atoms with Gasteiger partial charge in [0.05, 0.1) is 11.5 Å². The minimum atomic E-state index is -0.495. The molecule has 3 aromatic rings. The fraction of sp³-hybridized carbons (Fsp3) is 0.136. The average molecular weight is 408 g/mol. The van der Waals surface area contributed by atoms with Crippen LogP contribution in [-0.2, 0) is 13.1 Å². The van der Waals surface area contributed by atoms with Gasteiger partial charge < -0.3 is 14.8 Å². The number of hydrogen-bond acceptors (Lipinski definition) is 3. The highest BCUT2D eigenvalue weighted by Gasteiger charge is 2.15. The second-order valence-electron chi connectivity index (χ2n) is 6.66. The third kappa shape index (κ3) is 5.32. The molecule has 0 spiro atoms. The van der Waals surface area contributed by atoms with Crippen LogP contribution in [0.15, 0.2) is 79.5 Å². The molecule has 0 saturated carbocycles. The van der Waals surface area contributed by atoms with Crippen molar-refractivity contribution in [2.75, 3.05) is 11.9 Å². The van der Waals surface area contributed by atoms with Crippen molar-refractivity contribution in [2.24, 2.45) is 0 Å². The van der Waals surface area contributed by atoms with Gasteiger partial charge in [0.25, 0.3) is 5.69 Å². The van der Waals surface area contributed by atoms with E-state index in [-0.39, 0.29) is 17.5 Å². The second-order valence-corrected chi connectivity index (χ2v) is 6.66. The summed E-state index contributed by atoms with van der Waals surface area (Å²) < 4.78 is 15.1. The first-order chi connectivity index (χ1) is 14.5. The van der Waals surface area contributed by atoms with Crippen LogP contribution >= 0.6 is 0 Å². The van der Waals surface area contributed by atoms with Crippen molar-refractivity contribution < 1.29 is 14.1 Å². The van der Waals surface area contributed by atoms with Gasteiger partial charge in [0.1, 0.15) is 5.82 Å². The standard InChI is InChI=1S/C22H21FN4O3/c1-2-13-26(22(28)24-19-9-11-20(12-10-19)27(29)30)16-21-4-3-14-25(21)15-17-5-7-18(23)8-6-17/h2-12,14H,1,13,15-16H2,(H,24,28). The minimum Gasteiger partial charge on any atom is -0.345 e. The summed E-state index contributed by atoms with van der Waals surface area (Å²) in [7, 11) is 0. The number of urea groups is 1. The van der Waals surface area contributed by atoms with Crippen LogP contribution in [0.5, 0.6) is 0 Å². The highest BCUT2D eigenvalue weighted by atomic mass is 19.1. The molecule has 1 heterocycles. The van der Waals surface area contributed by atoms with Crippen molar-refractivity contribution in [1.29, 1.82) is 0 Å². The smallest absolute Gasteiger partial charge is 0.322 e. The van der Waals surface area contributed by atoms with Crippen LogP contribution < -0.4 is 5.32 Å². The van der Waals surface area contributed by atoms with Gasteiger partial charge in [-0.15, -0.1) is 6.58 Å². The zero-order chi connectivity index (χ0) is 21.5. The average Bonchev–Trinajstić information content (AvgIpc) is 3.16. The lowest BCUT2D eigenvalue weighted by atomic mass is 10.2. The maximum atomic E-state index is 13.1. The van der Waals surface area contributed by atoms with Gasteiger partial charge in [0, 0.05) is 42.8 Å². The Bertz CT molecular complexity index is 1030. The highest BCUT2D eigenvalue weighted by molar-refractivity contribution is 5.89. The first kappa shape index (κ1) is 20.8. The largest absolute Gasteiger partial charge is 0.345 e. The lowest BCUT2D eigenvalue weighted by Gasteiger charge is -2.22. The lowest BCUT2D eigenvalue weighted by Crippen LogP contribution is -2.35. The topological polar surface area (TPSA) is 80.4 Å². The van der Waals surface area contributed by atoms with E-state index in [0.29, 0.717) is 25.3 Å². The molecule has 2 aromatic carbocycles. The van der Waals surface area contributed by atoms with E-state index in [4.69, 9.17) is 0 Å². The molecule has 0 radical (unpaired) electrons. The molecule has 0 aliphatic rings. The number of halogens is 1. The van der Waals surface area contributed by atoms with Gasteiger partial charge in [-0.2, -0.15) is 0 Å². The van der Waals surface area contributed by atoms with Crippen LogP contribution in [0.4, 0.5) is 20.6 Å². The Kier molecular flexibility index (Phi) is 6.59. The molecule has 3 rings (SSSR count). The van der Waals surface area contributed by atoms with Crippen molar-refractivity contribution in [3.8, 4) is 0 Å². The normalized spacial score (nSPS) is 10.4. The summed E-state index contributed by atoms with van der Waals surface area (Å²) in [6, 6.07) is 15.4. The molecule has 0 aliphatic heterocycles. The van der Waals surface area contributed by atoms with E-state index in [0.717, 1.165) is 11.3 Å². The fourth-order valence-corrected chi connectivity index (χ4v) is 2.97. The van der Waals surface area contributed by atoms with Gasteiger partial charge in [0.2, 0.25) is 0 Å². The zero-order valence-electron chi connectivity index (χ0n) is 16.2. The summed E-state index contributed by atoms with van der Waals surface area (Å²) in [6.45, 7) is 4.91. The molecule has 7 nitrogen and oxygen atoms in total. The van der Waals surface area contributed by atoms with Crippen LogP contribution in [-0.4, -0.2) is 27.0 Å². The number of aromatic nitrogens is 1. The van der Waals surface area contributed by atoms with Crippen LogP contribution in [0.2, 0.25) is 0 Å². The van der Waals surface area contributed by atoms with E-state index < -0.39 is 4.92 Å². The van der Waals surface area contributed by atoms with Crippen LogP contribution in [0.3, 0.4) is 0 Å². The molecule has 1 aromatic heterocycles.